The lowest BCUT2D eigenvalue weighted by Crippen LogP contribution is -2.43. The number of sulfone groups is 2. The molecule has 1 aliphatic heterocycles. The predicted octanol–water partition coefficient (Wildman–Crippen LogP) is 2.05. The average molecular weight is 454 g/mol. The molecule has 1 N–H and O–H groups in total. The molecule has 164 valence electrons. The minimum Gasteiger partial charge on any atom is -0.496 e. The summed E-state index contributed by atoms with van der Waals surface area (Å²) in [4.78, 5) is 0.145. The van der Waals surface area contributed by atoms with E-state index in [0.717, 1.165) is 5.56 Å². The highest BCUT2D eigenvalue weighted by atomic mass is 32.2. The van der Waals surface area contributed by atoms with Crippen LogP contribution in [0, 0.1) is 13.8 Å². The van der Waals surface area contributed by atoms with Crippen LogP contribution in [-0.2, 0) is 26.2 Å². The van der Waals surface area contributed by atoms with Crippen molar-refractivity contribution in [2.24, 2.45) is 0 Å². The average Bonchev–Trinajstić information content (AvgIpc) is 3.03. The molecule has 0 amide bonds. The van der Waals surface area contributed by atoms with E-state index in [-0.39, 0.29) is 10.6 Å². The maximum absolute atomic E-state index is 13.5. The molecule has 0 saturated carbocycles. The van der Waals surface area contributed by atoms with Gasteiger partial charge in [-0.15, -0.1) is 0 Å². The van der Waals surface area contributed by atoms with Gasteiger partial charge in [0.1, 0.15) is 11.5 Å². The Morgan fingerprint density at radius 3 is 2.33 bits per heavy atom. The highest BCUT2D eigenvalue weighted by Gasteiger charge is 2.46. The first-order valence-electron chi connectivity index (χ1n) is 9.54. The number of hydrogen-bond acceptors (Lipinski definition) is 7. The second kappa shape index (κ2) is 8.56. The van der Waals surface area contributed by atoms with Crippen LogP contribution in [0.5, 0.6) is 11.5 Å². The number of ether oxygens (including phenoxy) is 2. The molecule has 0 radical (unpaired) electrons. The molecule has 2 atom stereocenters. The van der Waals surface area contributed by atoms with Crippen molar-refractivity contribution in [3.05, 3.63) is 53.1 Å². The summed E-state index contributed by atoms with van der Waals surface area (Å²) in [6.07, 6.45) is 0. The number of rotatable bonds is 7. The van der Waals surface area contributed by atoms with E-state index >= 15 is 0 Å². The Balaban J connectivity index is 1.93. The summed E-state index contributed by atoms with van der Waals surface area (Å²) in [7, 11) is -4.29. The van der Waals surface area contributed by atoms with Crippen LogP contribution in [0.1, 0.15) is 16.7 Å². The zero-order valence-electron chi connectivity index (χ0n) is 17.5. The normalized spacial score (nSPS) is 20.8. The van der Waals surface area contributed by atoms with Gasteiger partial charge in [-0.3, -0.25) is 0 Å². The van der Waals surface area contributed by atoms with Crippen molar-refractivity contribution in [3.63, 3.8) is 0 Å². The van der Waals surface area contributed by atoms with Gasteiger partial charge >= 0.3 is 0 Å². The van der Waals surface area contributed by atoms with Crippen LogP contribution in [0.2, 0.25) is 0 Å². The number of nitrogens with one attached hydrogen (secondary N) is 1. The van der Waals surface area contributed by atoms with Crippen LogP contribution in [0.3, 0.4) is 0 Å². The minimum atomic E-state index is -3.89. The first-order chi connectivity index (χ1) is 14.1. The zero-order chi connectivity index (χ0) is 22.1. The highest BCUT2D eigenvalue weighted by molar-refractivity contribution is 7.96. The Bertz CT molecular complexity index is 1140. The van der Waals surface area contributed by atoms with Crippen LogP contribution < -0.4 is 14.8 Å². The number of aryl methyl sites for hydroxylation is 2. The fraction of sp³-hybridized carbons (Fsp3) is 0.429. The van der Waals surface area contributed by atoms with Gasteiger partial charge in [-0.05, 0) is 43.2 Å². The van der Waals surface area contributed by atoms with E-state index in [2.05, 4.69) is 5.32 Å². The third kappa shape index (κ3) is 4.48. The molecule has 1 saturated heterocycles. The maximum atomic E-state index is 13.5. The van der Waals surface area contributed by atoms with Crippen LogP contribution in [0.4, 0.5) is 0 Å². The smallest absolute Gasteiger partial charge is 0.184 e. The molecule has 7 nitrogen and oxygen atoms in total. The Labute approximate surface area is 178 Å². The molecule has 1 heterocycles. The highest BCUT2D eigenvalue weighted by Crippen LogP contribution is 2.32. The zero-order valence-corrected chi connectivity index (χ0v) is 19.1. The lowest BCUT2D eigenvalue weighted by molar-refractivity contribution is 0.406. The fourth-order valence-corrected chi connectivity index (χ4v) is 8.88. The quantitative estimate of drug-likeness (QED) is 0.685. The minimum absolute atomic E-state index is 0.145. The van der Waals surface area contributed by atoms with Crippen molar-refractivity contribution in [1.82, 2.24) is 5.32 Å². The predicted molar refractivity (Wildman–Crippen MR) is 116 cm³/mol. The molecule has 2 aromatic carbocycles. The van der Waals surface area contributed by atoms with E-state index in [1.807, 2.05) is 18.2 Å². The molecular weight excluding hydrogens is 426 g/mol. The third-order valence-corrected chi connectivity index (χ3v) is 9.74. The SMILES string of the molecule is COc1cc(C)c(S(=O)(=O)[C@H]2CS(=O)(=O)C[C@@H]2NCc2ccccc2OC)cc1C. The van der Waals surface area contributed by atoms with Gasteiger partial charge in [0, 0.05) is 18.2 Å². The molecule has 30 heavy (non-hydrogen) atoms. The second-order valence-electron chi connectivity index (χ2n) is 7.55. The lowest BCUT2D eigenvalue weighted by Gasteiger charge is -2.22. The van der Waals surface area contributed by atoms with E-state index < -0.39 is 36.7 Å². The van der Waals surface area contributed by atoms with Crippen molar-refractivity contribution in [1.29, 1.82) is 0 Å². The molecule has 3 rings (SSSR count). The van der Waals surface area contributed by atoms with Gasteiger partial charge in [-0.25, -0.2) is 16.8 Å². The largest absolute Gasteiger partial charge is 0.496 e. The van der Waals surface area contributed by atoms with Crippen molar-refractivity contribution >= 4 is 19.7 Å². The molecule has 0 unspecified atom stereocenters. The first kappa shape index (κ1) is 22.6. The summed E-state index contributed by atoms with van der Waals surface area (Å²) in [6.45, 7) is 3.76. The molecular formula is C21H27NO6S2. The Morgan fingerprint density at radius 2 is 1.67 bits per heavy atom. The van der Waals surface area contributed by atoms with Gasteiger partial charge in [0.2, 0.25) is 0 Å². The Morgan fingerprint density at radius 1 is 1.00 bits per heavy atom. The van der Waals surface area contributed by atoms with Crippen LogP contribution in [0.25, 0.3) is 0 Å². The van der Waals surface area contributed by atoms with Crippen molar-refractivity contribution in [3.8, 4) is 11.5 Å². The summed E-state index contributed by atoms with van der Waals surface area (Å²) >= 11 is 0. The third-order valence-electron chi connectivity index (χ3n) is 5.45. The summed E-state index contributed by atoms with van der Waals surface area (Å²) in [5, 5.41) is 2.08. The van der Waals surface area contributed by atoms with Gasteiger partial charge in [-0.1, -0.05) is 18.2 Å². The molecule has 0 spiro atoms. The Hall–Kier alpha value is -2.10. The van der Waals surface area contributed by atoms with Crippen LogP contribution in [-0.4, -0.2) is 53.9 Å². The van der Waals surface area contributed by atoms with Gasteiger partial charge in [0.25, 0.3) is 0 Å². The fourth-order valence-electron chi connectivity index (χ4n) is 3.85. The topological polar surface area (TPSA) is 98.8 Å². The molecule has 0 aliphatic carbocycles. The van der Waals surface area contributed by atoms with Gasteiger partial charge in [0.15, 0.2) is 19.7 Å². The second-order valence-corrected chi connectivity index (χ2v) is 11.8. The number of para-hydroxylation sites is 1. The number of hydrogen-bond donors (Lipinski definition) is 1. The summed E-state index contributed by atoms with van der Waals surface area (Å²) in [6, 6.07) is 9.86. The van der Waals surface area contributed by atoms with Gasteiger partial charge in [-0.2, -0.15) is 0 Å². The summed E-state index contributed by atoms with van der Waals surface area (Å²) < 4.78 is 62.3. The Kier molecular flexibility index (Phi) is 6.45. The molecule has 9 heteroatoms. The van der Waals surface area contributed by atoms with E-state index in [0.29, 0.717) is 29.2 Å². The van der Waals surface area contributed by atoms with Gasteiger partial charge < -0.3 is 14.8 Å². The standard InChI is InChI=1S/C21H27NO6S2/c1-14-10-20(15(2)9-19(14)28-4)30(25,26)21-13-29(23,24)12-17(21)22-11-16-7-5-6-8-18(16)27-3/h5-10,17,21-22H,11-13H2,1-4H3/t17-,21-/m0/s1. The number of benzene rings is 2. The monoisotopic (exact) mass is 453 g/mol. The molecule has 1 fully saturated rings. The maximum Gasteiger partial charge on any atom is 0.184 e. The van der Waals surface area contributed by atoms with Crippen molar-refractivity contribution in [2.75, 3.05) is 25.7 Å². The number of methoxy groups -OCH3 is 2. The van der Waals surface area contributed by atoms with Gasteiger partial charge in [0.05, 0.1) is 35.9 Å². The van der Waals surface area contributed by atoms with Crippen LogP contribution in [0.15, 0.2) is 41.3 Å². The molecule has 1 aliphatic rings. The van der Waals surface area contributed by atoms with Crippen molar-refractivity contribution in [2.45, 2.75) is 36.6 Å². The van der Waals surface area contributed by atoms with Crippen molar-refractivity contribution < 1.29 is 26.3 Å². The lowest BCUT2D eigenvalue weighted by atomic mass is 10.1. The van der Waals surface area contributed by atoms with E-state index in [9.17, 15) is 16.8 Å². The molecule has 0 aromatic heterocycles. The first-order valence-corrected chi connectivity index (χ1v) is 12.9. The van der Waals surface area contributed by atoms with E-state index in [4.69, 9.17) is 9.47 Å². The van der Waals surface area contributed by atoms with Crippen LogP contribution >= 0.6 is 0 Å². The summed E-state index contributed by atoms with van der Waals surface area (Å²) in [5.74, 6) is 0.632. The summed E-state index contributed by atoms with van der Waals surface area (Å²) in [5.41, 5.74) is 2.04. The van der Waals surface area contributed by atoms with E-state index in [1.165, 1.54) is 7.11 Å². The molecule has 0 bridgehead atoms. The molecule has 2 aromatic rings. The van der Waals surface area contributed by atoms with E-state index in [1.54, 1.807) is 39.2 Å².